The maximum Gasteiger partial charge on any atom is 0.257 e. The second-order valence-electron chi connectivity index (χ2n) is 4.73. The fourth-order valence-corrected chi connectivity index (χ4v) is 2.10. The van der Waals surface area contributed by atoms with Gasteiger partial charge in [0.1, 0.15) is 0 Å². The van der Waals surface area contributed by atoms with Crippen LogP contribution in [0.15, 0.2) is 59.1 Å². The summed E-state index contributed by atoms with van der Waals surface area (Å²) in [6.45, 7) is 2.14. The number of aryl methyl sites for hydroxylation is 1. The van der Waals surface area contributed by atoms with Crippen LogP contribution in [0, 0.1) is 0 Å². The highest BCUT2D eigenvalue weighted by Gasteiger charge is 2.09. The molecule has 0 aliphatic heterocycles. The molecule has 0 radical (unpaired) electrons. The molecular weight excluding hydrogens is 248 g/mol. The zero-order valence-electron chi connectivity index (χ0n) is 11.4. The van der Waals surface area contributed by atoms with Gasteiger partial charge in [-0.15, -0.1) is 0 Å². The molecule has 0 aliphatic rings. The third kappa shape index (κ3) is 2.77. The first kappa shape index (κ1) is 12.6. The molecule has 100 valence electrons. The fourth-order valence-electron chi connectivity index (χ4n) is 2.10. The van der Waals surface area contributed by atoms with Crippen molar-refractivity contribution >= 4 is 0 Å². The van der Waals surface area contributed by atoms with Crippen LogP contribution in [-0.2, 0) is 12.8 Å². The van der Waals surface area contributed by atoms with Gasteiger partial charge in [0.2, 0.25) is 0 Å². The van der Waals surface area contributed by atoms with Gasteiger partial charge in [-0.1, -0.05) is 54.5 Å². The first-order valence-corrected chi connectivity index (χ1v) is 6.81. The van der Waals surface area contributed by atoms with E-state index in [1.165, 1.54) is 11.1 Å². The molecule has 1 aromatic heterocycles. The van der Waals surface area contributed by atoms with E-state index >= 15 is 0 Å². The highest BCUT2D eigenvalue weighted by molar-refractivity contribution is 5.53. The van der Waals surface area contributed by atoms with E-state index in [-0.39, 0.29) is 0 Å². The summed E-state index contributed by atoms with van der Waals surface area (Å²) in [5, 5.41) is 4.04. The molecule has 2 aromatic carbocycles. The molecule has 20 heavy (non-hydrogen) atoms. The standard InChI is InChI=1S/C17H16N2O/c1-2-13-8-10-15(11-9-13)17-18-16(19-20-17)12-14-6-4-3-5-7-14/h3-11H,2,12H2,1H3. The van der Waals surface area contributed by atoms with E-state index in [4.69, 9.17) is 4.52 Å². The van der Waals surface area contributed by atoms with Crippen LogP contribution < -0.4 is 0 Å². The molecule has 0 bridgehead atoms. The third-order valence-electron chi connectivity index (χ3n) is 3.28. The molecule has 0 spiro atoms. The molecule has 3 aromatic rings. The Morgan fingerprint density at radius 2 is 1.65 bits per heavy atom. The maximum atomic E-state index is 5.34. The Labute approximate surface area is 118 Å². The minimum atomic E-state index is 0.582. The second-order valence-corrected chi connectivity index (χ2v) is 4.73. The van der Waals surface area contributed by atoms with Crippen molar-refractivity contribution in [1.29, 1.82) is 0 Å². The van der Waals surface area contributed by atoms with Crippen molar-refractivity contribution in [3.05, 3.63) is 71.5 Å². The van der Waals surface area contributed by atoms with Gasteiger partial charge in [-0.2, -0.15) is 4.98 Å². The normalized spacial score (nSPS) is 10.7. The Morgan fingerprint density at radius 3 is 2.35 bits per heavy atom. The highest BCUT2D eigenvalue weighted by Crippen LogP contribution is 2.18. The summed E-state index contributed by atoms with van der Waals surface area (Å²) < 4.78 is 5.34. The monoisotopic (exact) mass is 264 g/mol. The molecule has 0 saturated heterocycles. The number of rotatable bonds is 4. The predicted molar refractivity (Wildman–Crippen MR) is 78.4 cm³/mol. The van der Waals surface area contributed by atoms with Crippen molar-refractivity contribution in [3.8, 4) is 11.5 Å². The number of hydrogen-bond donors (Lipinski definition) is 0. The van der Waals surface area contributed by atoms with Crippen molar-refractivity contribution in [1.82, 2.24) is 10.1 Å². The van der Waals surface area contributed by atoms with E-state index in [1.54, 1.807) is 0 Å². The Hall–Kier alpha value is -2.42. The van der Waals surface area contributed by atoms with Gasteiger partial charge in [-0.25, -0.2) is 0 Å². The smallest absolute Gasteiger partial charge is 0.257 e. The second kappa shape index (κ2) is 5.70. The van der Waals surface area contributed by atoms with Gasteiger partial charge in [0.05, 0.1) is 0 Å². The Morgan fingerprint density at radius 1 is 0.900 bits per heavy atom. The van der Waals surface area contributed by atoms with E-state index in [9.17, 15) is 0 Å². The Balaban J connectivity index is 1.79. The van der Waals surface area contributed by atoms with Crippen LogP contribution in [-0.4, -0.2) is 10.1 Å². The quantitative estimate of drug-likeness (QED) is 0.717. The number of nitrogens with zero attached hydrogens (tertiary/aromatic N) is 2. The molecule has 0 unspecified atom stereocenters. The zero-order valence-corrected chi connectivity index (χ0v) is 11.4. The fraction of sp³-hybridized carbons (Fsp3) is 0.176. The molecule has 0 amide bonds. The van der Waals surface area contributed by atoms with Crippen molar-refractivity contribution < 1.29 is 4.52 Å². The minimum absolute atomic E-state index is 0.582. The molecule has 0 atom stereocenters. The van der Waals surface area contributed by atoms with Gasteiger partial charge in [-0.3, -0.25) is 0 Å². The van der Waals surface area contributed by atoms with Crippen molar-refractivity contribution in [2.24, 2.45) is 0 Å². The first-order valence-electron chi connectivity index (χ1n) is 6.81. The summed E-state index contributed by atoms with van der Waals surface area (Å²) in [4.78, 5) is 4.45. The largest absolute Gasteiger partial charge is 0.334 e. The molecular formula is C17H16N2O. The molecule has 3 heteroatoms. The van der Waals surface area contributed by atoms with E-state index in [2.05, 4.69) is 41.3 Å². The predicted octanol–water partition coefficient (Wildman–Crippen LogP) is 3.89. The minimum Gasteiger partial charge on any atom is -0.334 e. The molecule has 0 N–H and O–H groups in total. The summed E-state index contributed by atoms with van der Waals surface area (Å²) in [6.07, 6.45) is 1.72. The third-order valence-corrected chi connectivity index (χ3v) is 3.28. The maximum absolute atomic E-state index is 5.34. The van der Waals surface area contributed by atoms with Crippen LogP contribution in [0.4, 0.5) is 0 Å². The van der Waals surface area contributed by atoms with Crippen LogP contribution in [0.2, 0.25) is 0 Å². The van der Waals surface area contributed by atoms with Crippen LogP contribution in [0.5, 0.6) is 0 Å². The number of aromatic nitrogens is 2. The first-order chi connectivity index (χ1) is 9.85. The number of benzene rings is 2. The van der Waals surface area contributed by atoms with Crippen LogP contribution >= 0.6 is 0 Å². The summed E-state index contributed by atoms with van der Waals surface area (Å²) in [7, 11) is 0. The molecule has 1 heterocycles. The van der Waals surface area contributed by atoms with E-state index < -0.39 is 0 Å². The van der Waals surface area contributed by atoms with Gasteiger partial charge in [0.25, 0.3) is 5.89 Å². The molecule has 3 nitrogen and oxygen atoms in total. The SMILES string of the molecule is CCc1ccc(-c2nc(Cc3ccccc3)no2)cc1. The van der Waals surface area contributed by atoms with E-state index in [0.29, 0.717) is 18.1 Å². The average Bonchev–Trinajstić information content (AvgIpc) is 2.97. The van der Waals surface area contributed by atoms with Gasteiger partial charge in [-0.05, 0) is 29.7 Å². The van der Waals surface area contributed by atoms with Gasteiger partial charge >= 0.3 is 0 Å². The summed E-state index contributed by atoms with van der Waals surface area (Å²) in [5.74, 6) is 1.30. The van der Waals surface area contributed by atoms with Crippen molar-refractivity contribution in [2.45, 2.75) is 19.8 Å². The van der Waals surface area contributed by atoms with Gasteiger partial charge in [0, 0.05) is 12.0 Å². The summed E-state index contributed by atoms with van der Waals surface area (Å²) in [5.41, 5.74) is 3.45. The molecule has 0 aliphatic carbocycles. The zero-order chi connectivity index (χ0) is 13.8. The lowest BCUT2D eigenvalue weighted by atomic mass is 10.1. The van der Waals surface area contributed by atoms with Gasteiger partial charge < -0.3 is 4.52 Å². The van der Waals surface area contributed by atoms with Gasteiger partial charge in [0.15, 0.2) is 5.82 Å². The van der Waals surface area contributed by atoms with Crippen molar-refractivity contribution in [2.75, 3.05) is 0 Å². The van der Waals surface area contributed by atoms with Crippen molar-refractivity contribution in [3.63, 3.8) is 0 Å². The lowest BCUT2D eigenvalue weighted by Gasteiger charge is -1.97. The van der Waals surface area contributed by atoms with Crippen LogP contribution in [0.3, 0.4) is 0 Å². The summed E-state index contributed by atoms with van der Waals surface area (Å²) in [6, 6.07) is 18.4. The average molecular weight is 264 g/mol. The van der Waals surface area contributed by atoms with Crippen LogP contribution in [0.25, 0.3) is 11.5 Å². The van der Waals surface area contributed by atoms with E-state index in [0.717, 1.165) is 12.0 Å². The Kier molecular flexibility index (Phi) is 3.59. The lowest BCUT2D eigenvalue weighted by Crippen LogP contribution is -1.90. The van der Waals surface area contributed by atoms with Crippen LogP contribution in [0.1, 0.15) is 23.9 Å². The van der Waals surface area contributed by atoms with E-state index in [1.807, 2.05) is 30.3 Å². The summed E-state index contributed by atoms with van der Waals surface area (Å²) >= 11 is 0. The lowest BCUT2D eigenvalue weighted by molar-refractivity contribution is 0.424. The molecule has 0 saturated carbocycles. The topological polar surface area (TPSA) is 38.9 Å². The highest BCUT2D eigenvalue weighted by atomic mass is 16.5. The molecule has 0 fully saturated rings. The Bertz CT molecular complexity index is 672. The number of hydrogen-bond acceptors (Lipinski definition) is 3. The molecule has 3 rings (SSSR count).